The molecular formula is C44H53N5O14S3. The number of non-ortho nitro benzene ring substituents is 2. The van der Waals surface area contributed by atoms with E-state index in [-0.39, 0.29) is 21.2 Å². The standard InChI is InChI=1S/C10H15NO3S.C10H15NO.C6H5NO5S.C6H7NO3S.C6H5NO2.C6H6/c1-3-11(4-2)9-6-5-7-10(8-9)15(12,13)14;1-3-11(4-2)9-6-5-7-10(12)8-9;8-7(9)5-2-1-3-6(4-5)13(10,11)12;7-5-2-1-3-6(4-5)11(8,9)10;8-7(9)6-4-2-1-3-5-6;1-2-4-6-5-3-1/h5-8H,3-4H2,1-2H3,(H,12,13,14);5-8,12H,3-4H2,1-2H3;1-4H,(H,10,11,12);1-4H,7H2,(H,8,9,10);1-5H;1-6H. The Bertz CT molecular complexity index is 2700. The van der Waals surface area contributed by atoms with E-state index >= 15 is 0 Å². The molecule has 0 saturated carbocycles. The van der Waals surface area contributed by atoms with Gasteiger partial charge in [0.2, 0.25) is 0 Å². The second kappa shape index (κ2) is 28.8. The van der Waals surface area contributed by atoms with Crippen molar-refractivity contribution < 1.29 is 53.9 Å². The van der Waals surface area contributed by atoms with E-state index in [0.717, 1.165) is 55.8 Å². The number of nitrogens with two attached hydrogens (primary N) is 1. The first kappa shape index (κ1) is 57.1. The zero-order valence-electron chi connectivity index (χ0n) is 36.4. The number of nitrogens with zero attached hydrogens (tertiary/aromatic N) is 4. The fourth-order valence-electron chi connectivity index (χ4n) is 5.08. The molecule has 6 N–H and O–H groups in total. The minimum atomic E-state index is -4.36. The highest BCUT2D eigenvalue weighted by Gasteiger charge is 2.14. The van der Waals surface area contributed by atoms with Crippen LogP contribution in [0.3, 0.4) is 0 Å². The number of phenolic OH excluding ortho intramolecular Hbond substituents is 1. The van der Waals surface area contributed by atoms with E-state index in [1.165, 1.54) is 54.6 Å². The number of aromatic hydroxyl groups is 1. The molecule has 6 aromatic carbocycles. The van der Waals surface area contributed by atoms with Crippen LogP contribution >= 0.6 is 0 Å². The van der Waals surface area contributed by atoms with Gasteiger partial charge in [-0.2, -0.15) is 25.3 Å². The number of hydrogen-bond donors (Lipinski definition) is 5. The quantitative estimate of drug-likeness (QED) is 0.0351. The molecule has 22 heteroatoms. The van der Waals surface area contributed by atoms with E-state index in [1.54, 1.807) is 36.4 Å². The van der Waals surface area contributed by atoms with Crippen LogP contribution in [0.5, 0.6) is 5.75 Å². The van der Waals surface area contributed by atoms with Crippen LogP contribution in [0.25, 0.3) is 0 Å². The highest BCUT2D eigenvalue weighted by molar-refractivity contribution is 7.86. The van der Waals surface area contributed by atoms with Gasteiger partial charge in [-0.15, -0.1) is 0 Å². The predicted octanol–water partition coefficient (Wildman–Crippen LogP) is 8.66. The molecule has 0 aliphatic rings. The fraction of sp³-hybridized carbons (Fsp3) is 0.182. The predicted molar refractivity (Wildman–Crippen MR) is 255 cm³/mol. The average Bonchev–Trinajstić information content (AvgIpc) is 3.29. The fourth-order valence-corrected chi connectivity index (χ4v) is 6.65. The Morgan fingerprint density at radius 1 is 0.455 bits per heavy atom. The first-order chi connectivity index (χ1) is 31.0. The van der Waals surface area contributed by atoms with Gasteiger partial charge in [0.25, 0.3) is 41.7 Å². The van der Waals surface area contributed by atoms with Crippen LogP contribution in [0, 0.1) is 20.2 Å². The highest BCUT2D eigenvalue weighted by atomic mass is 32.2. The summed E-state index contributed by atoms with van der Waals surface area (Å²) in [6.45, 7) is 11.7. The molecule has 0 radical (unpaired) electrons. The van der Waals surface area contributed by atoms with Crippen molar-refractivity contribution in [1.82, 2.24) is 0 Å². The van der Waals surface area contributed by atoms with Crippen LogP contribution in [0.4, 0.5) is 28.4 Å². The number of hydrogen-bond acceptors (Lipinski definition) is 14. The molecular weight excluding hydrogens is 919 g/mol. The molecule has 0 aliphatic carbocycles. The monoisotopic (exact) mass is 971 g/mol. The number of nitro groups is 2. The van der Waals surface area contributed by atoms with Crippen molar-refractivity contribution in [3.8, 4) is 5.75 Å². The molecule has 0 spiro atoms. The number of rotatable bonds is 11. The molecule has 0 unspecified atom stereocenters. The summed E-state index contributed by atoms with van der Waals surface area (Å²) in [5.41, 5.74) is 7.23. The minimum absolute atomic E-state index is 0.0631. The first-order valence-electron chi connectivity index (χ1n) is 19.6. The zero-order chi connectivity index (χ0) is 49.9. The van der Waals surface area contributed by atoms with Gasteiger partial charge in [0.05, 0.1) is 19.6 Å². The Hall–Kier alpha value is -6.95. The molecule has 6 rings (SSSR count). The SMILES string of the molecule is CCN(CC)c1cccc(O)c1.CCN(CC)c1cccc(S(=O)(=O)O)c1.Nc1cccc(S(=O)(=O)O)c1.O=[N+]([O-])c1cccc(S(=O)(=O)O)c1.O=[N+]([O-])c1ccccc1.c1ccccc1. The lowest BCUT2D eigenvalue weighted by Crippen LogP contribution is -2.21. The maximum Gasteiger partial charge on any atom is 0.294 e. The van der Waals surface area contributed by atoms with Gasteiger partial charge in [0.15, 0.2) is 0 Å². The van der Waals surface area contributed by atoms with E-state index in [4.69, 9.17) is 19.4 Å². The summed E-state index contributed by atoms with van der Waals surface area (Å²) in [5, 5.41) is 29.4. The topological polar surface area (TPSA) is 302 Å². The summed E-state index contributed by atoms with van der Waals surface area (Å²) in [6, 6.07) is 43.2. The molecule has 0 fully saturated rings. The van der Waals surface area contributed by atoms with E-state index in [0.29, 0.717) is 11.4 Å². The van der Waals surface area contributed by atoms with E-state index in [1.807, 2.05) is 73.3 Å². The molecule has 19 nitrogen and oxygen atoms in total. The third kappa shape index (κ3) is 22.6. The van der Waals surface area contributed by atoms with Crippen molar-refractivity contribution in [2.75, 3.05) is 41.7 Å². The Morgan fingerprint density at radius 2 is 0.788 bits per heavy atom. The van der Waals surface area contributed by atoms with Crippen LogP contribution in [-0.4, -0.2) is 80.0 Å². The van der Waals surface area contributed by atoms with E-state index in [9.17, 15) is 50.6 Å². The van der Waals surface area contributed by atoms with Crippen LogP contribution in [0.1, 0.15) is 27.7 Å². The number of benzene rings is 6. The maximum absolute atomic E-state index is 10.9. The van der Waals surface area contributed by atoms with Crippen molar-refractivity contribution in [3.05, 3.63) is 184 Å². The van der Waals surface area contributed by atoms with Crippen molar-refractivity contribution in [3.63, 3.8) is 0 Å². The summed E-state index contributed by atoms with van der Waals surface area (Å²) < 4.78 is 89.9. The van der Waals surface area contributed by atoms with Gasteiger partial charge in [-0.3, -0.25) is 33.9 Å². The van der Waals surface area contributed by atoms with Crippen molar-refractivity contribution >= 4 is 58.8 Å². The summed E-state index contributed by atoms with van der Waals surface area (Å²) in [5.74, 6) is 0.333. The van der Waals surface area contributed by atoms with Crippen molar-refractivity contribution in [2.24, 2.45) is 0 Å². The minimum Gasteiger partial charge on any atom is -0.508 e. The molecule has 0 atom stereocenters. The van der Waals surface area contributed by atoms with Crippen LogP contribution < -0.4 is 15.5 Å². The summed E-state index contributed by atoms with van der Waals surface area (Å²) >= 11 is 0. The number of anilines is 3. The Kier molecular flexibility index (Phi) is 24.9. The smallest absolute Gasteiger partial charge is 0.294 e. The van der Waals surface area contributed by atoms with Crippen LogP contribution in [-0.2, 0) is 30.4 Å². The second-order valence-corrected chi connectivity index (χ2v) is 17.1. The van der Waals surface area contributed by atoms with Crippen molar-refractivity contribution in [2.45, 2.75) is 42.4 Å². The normalized spacial score (nSPS) is 10.4. The van der Waals surface area contributed by atoms with E-state index < -0.39 is 45.1 Å². The third-order valence-corrected chi connectivity index (χ3v) is 10.9. The summed E-state index contributed by atoms with van der Waals surface area (Å²) in [6.07, 6.45) is 0. The lowest BCUT2D eigenvalue weighted by atomic mass is 10.2. The molecule has 66 heavy (non-hydrogen) atoms. The molecule has 6 aromatic rings. The number of para-hydroxylation sites is 1. The van der Waals surface area contributed by atoms with Crippen molar-refractivity contribution in [1.29, 1.82) is 0 Å². The largest absolute Gasteiger partial charge is 0.508 e. The van der Waals surface area contributed by atoms with Crippen LogP contribution in [0.2, 0.25) is 0 Å². The second-order valence-electron chi connectivity index (χ2n) is 12.9. The molecule has 0 aromatic heterocycles. The first-order valence-corrected chi connectivity index (χ1v) is 23.9. The maximum atomic E-state index is 10.9. The molecule has 0 bridgehead atoms. The number of nitrogen functional groups attached to an aromatic ring is 1. The lowest BCUT2D eigenvalue weighted by molar-refractivity contribution is -0.385. The van der Waals surface area contributed by atoms with Gasteiger partial charge in [-0.1, -0.05) is 78.9 Å². The molecule has 0 amide bonds. The molecule has 0 saturated heterocycles. The molecule has 356 valence electrons. The van der Waals surface area contributed by atoms with Gasteiger partial charge in [0.1, 0.15) is 10.6 Å². The van der Waals surface area contributed by atoms with Gasteiger partial charge in [-0.05, 0) is 82.3 Å². The Labute approximate surface area is 385 Å². The van der Waals surface area contributed by atoms with Crippen LogP contribution in [0.15, 0.2) is 178 Å². The van der Waals surface area contributed by atoms with Gasteiger partial charge >= 0.3 is 0 Å². The Balaban J connectivity index is 0.000000402. The number of phenols is 1. The summed E-state index contributed by atoms with van der Waals surface area (Å²) in [4.78, 5) is 22.5. The van der Waals surface area contributed by atoms with Gasteiger partial charge < -0.3 is 20.6 Å². The lowest BCUT2D eigenvalue weighted by Gasteiger charge is -2.21. The van der Waals surface area contributed by atoms with E-state index in [2.05, 4.69) is 18.7 Å². The molecule has 0 heterocycles. The Morgan fingerprint density at radius 3 is 1.14 bits per heavy atom. The summed E-state index contributed by atoms with van der Waals surface area (Å²) in [7, 11) is -12.6. The van der Waals surface area contributed by atoms with Gasteiger partial charge in [0, 0.05) is 73.6 Å². The third-order valence-electron chi connectivity index (χ3n) is 8.32. The highest BCUT2D eigenvalue weighted by Crippen LogP contribution is 2.21. The zero-order valence-corrected chi connectivity index (χ0v) is 38.8. The number of nitro benzene ring substituents is 2. The average molecular weight is 972 g/mol. The molecule has 0 aliphatic heterocycles. The van der Waals surface area contributed by atoms with Gasteiger partial charge in [-0.25, -0.2) is 0 Å².